The van der Waals surface area contributed by atoms with Crippen LogP contribution in [0.1, 0.15) is 21.5 Å². The van der Waals surface area contributed by atoms with Gasteiger partial charge in [-0.05, 0) is 23.3 Å². The molecule has 0 saturated carbocycles. The summed E-state index contributed by atoms with van der Waals surface area (Å²) < 4.78 is 0. The van der Waals surface area contributed by atoms with Gasteiger partial charge in [0, 0.05) is 25.2 Å². The molecule has 1 aliphatic heterocycles. The van der Waals surface area contributed by atoms with Crippen LogP contribution in [0.3, 0.4) is 0 Å². The summed E-state index contributed by atoms with van der Waals surface area (Å²) in [4.78, 5) is 11.7. The van der Waals surface area contributed by atoms with Crippen LogP contribution in [0.2, 0.25) is 0 Å². The van der Waals surface area contributed by atoms with Crippen molar-refractivity contribution in [1.82, 2.24) is 10.6 Å². The lowest BCUT2D eigenvalue weighted by atomic mass is 10.1. The maximum atomic E-state index is 11.7. The Morgan fingerprint density at radius 2 is 2.18 bits per heavy atom. The summed E-state index contributed by atoms with van der Waals surface area (Å²) in [7, 11) is 0. The Kier molecular flexibility index (Phi) is 3.73. The third-order valence-corrected chi connectivity index (χ3v) is 2.81. The average molecular weight is 236 g/mol. The van der Waals surface area contributed by atoms with E-state index in [1.165, 1.54) is 5.56 Å². The Morgan fingerprint density at radius 3 is 2.94 bits per heavy atom. The summed E-state index contributed by atoms with van der Waals surface area (Å²) in [6, 6.07) is 5.56. The van der Waals surface area contributed by atoms with Crippen LogP contribution >= 0.6 is 0 Å². The second-order valence-electron chi connectivity index (χ2n) is 4.13. The van der Waals surface area contributed by atoms with Crippen molar-refractivity contribution < 1.29 is 15.0 Å². The largest absolute Gasteiger partial charge is 0.394 e. The van der Waals surface area contributed by atoms with Gasteiger partial charge in [-0.15, -0.1) is 0 Å². The molecule has 92 valence electrons. The lowest BCUT2D eigenvalue weighted by Crippen LogP contribution is -2.33. The highest BCUT2D eigenvalue weighted by molar-refractivity contribution is 5.94. The van der Waals surface area contributed by atoms with Crippen LogP contribution in [0.5, 0.6) is 0 Å². The number of benzene rings is 1. The Hall–Kier alpha value is -1.43. The molecular weight excluding hydrogens is 220 g/mol. The van der Waals surface area contributed by atoms with Gasteiger partial charge in [0.25, 0.3) is 5.91 Å². The zero-order valence-corrected chi connectivity index (χ0v) is 9.44. The molecule has 17 heavy (non-hydrogen) atoms. The van der Waals surface area contributed by atoms with E-state index in [2.05, 4.69) is 10.6 Å². The van der Waals surface area contributed by atoms with Crippen molar-refractivity contribution in [3.05, 3.63) is 34.9 Å². The third kappa shape index (κ3) is 2.82. The SMILES string of the molecule is O=C(NCC(O)CO)c1ccc2c(c1)CNC2. The van der Waals surface area contributed by atoms with Crippen molar-refractivity contribution >= 4 is 5.91 Å². The number of hydrogen-bond acceptors (Lipinski definition) is 4. The van der Waals surface area contributed by atoms with Gasteiger partial charge in [0.05, 0.1) is 12.7 Å². The second-order valence-corrected chi connectivity index (χ2v) is 4.13. The van der Waals surface area contributed by atoms with Crippen LogP contribution in [0, 0.1) is 0 Å². The molecule has 5 heteroatoms. The molecule has 1 heterocycles. The normalized spacial score (nSPS) is 15.4. The van der Waals surface area contributed by atoms with Crippen LogP contribution in [0.25, 0.3) is 0 Å². The predicted molar refractivity (Wildman–Crippen MR) is 62.4 cm³/mol. The van der Waals surface area contributed by atoms with Crippen LogP contribution in [-0.4, -0.2) is 35.4 Å². The summed E-state index contributed by atoms with van der Waals surface area (Å²) >= 11 is 0. The molecule has 0 saturated heterocycles. The Balaban J connectivity index is 2.00. The highest BCUT2D eigenvalue weighted by Gasteiger charge is 2.13. The number of rotatable bonds is 4. The van der Waals surface area contributed by atoms with Crippen molar-refractivity contribution in [3.63, 3.8) is 0 Å². The van der Waals surface area contributed by atoms with E-state index in [1.807, 2.05) is 12.1 Å². The molecule has 1 aromatic carbocycles. The highest BCUT2D eigenvalue weighted by Crippen LogP contribution is 2.16. The number of amides is 1. The molecule has 1 aromatic rings. The standard InChI is InChI=1S/C12H16N2O3/c15-7-11(16)6-14-12(17)8-1-2-9-4-13-5-10(9)3-8/h1-3,11,13,15-16H,4-7H2,(H,14,17). The third-order valence-electron chi connectivity index (χ3n) is 2.81. The van der Waals surface area contributed by atoms with Gasteiger partial charge in [0.1, 0.15) is 0 Å². The fraction of sp³-hybridized carbons (Fsp3) is 0.417. The number of fused-ring (bicyclic) bond motifs is 1. The van der Waals surface area contributed by atoms with Crippen molar-refractivity contribution in [1.29, 1.82) is 0 Å². The van der Waals surface area contributed by atoms with Gasteiger partial charge in [0.2, 0.25) is 0 Å². The van der Waals surface area contributed by atoms with E-state index in [9.17, 15) is 4.79 Å². The lowest BCUT2D eigenvalue weighted by Gasteiger charge is -2.09. The number of carbonyl (C=O) groups excluding carboxylic acids is 1. The topological polar surface area (TPSA) is 81.6 Å². The molecule has 1 atom stereocenters. The van der Waals surface area contributed by atoms with E-state index in [0.29, 0.717) is 5.56 Å². The van der Waals surface area contributed by atoms with Crippen LogP contribution in [-0.2, 0) is 13.1 Å². The summed E-state index contributed by atoms with van der Waals surface area (Å²) in [5.41, 5.74) is 2.94. The van der Waals surface area contributed by atoms with Gasteiger partial charge in [-0.25, -0.2) is 0 Å². The van der Waals surface area contributed by atoms with Gasteiger partial charge >= 0.3 is 0 Å². The minimum atomic E-state index is -0.907. The van der Waals surface area contributed by atoms with Crippen molar-refractivity contribution in [2.24, 2.45) is 0 Å². The van der Waals surface area contributed by atoms with E-state index < -0.39 is 6.10 Å². The van der Waals surface area contributed by atoms with Gasteiger partial charge in [-0.2, -0.15) is 0 Å². The monoisotopic (exact) mass is 236 g/mol. The molecule has 0 aliphatic carbocycles. The molecule has 4 N–H and O–H groups in total. The zero-order chi connectivity index (χ0) is 12.3. The first-order valence-electron chi connectivity index (χ1n) is 5.60. The van der Waals surface area contributed by atoms with E-state index in [-0.39, 0.29) is 19.1 Å². The van der Waals surface area contributed by atoms with E-state index >= 15 is 0 Å². The molecule has 2 rings (SSSR count). The first kappa shape index (κ1) is 12.0. The molecule has 1 aliphatic rings. The molecule has 0 spiro atoms. The zero-order valence-electron chi connectivity index (χ0n) is 9.44. The number of carbonyl (C=O) groups is 1. The summed E-state index contributed by atoms with van der Waals surface area (Å²) in [6.07, 6.45) is -0.907. The minimum Gasteiger partial charge on any atom is -0.394 e. The molecule has 5 nitrogen and oxygen atoms in total. The fourth-order valence-corrected chi connectivity index (χ4v) is 1.81. The molecule has 1 unspecified atom stereocenters. The highest BCUT2D eigenvalue weighted by atomic mass is 16.3. The van der Waals surface area contributed by atoms with Crippen LogP contribution in [0.15, 0.2) is 18.2 Å². The molecule has 0 bridgehead atoms. The second kappa shape index (κ2) is 5.27. The molecular formula is C12H16N2O3. The smallest absolute Gasteiger partial charge is 0.251 e. The number of nitrogens with one attached hydrogen (secondary N) is 2. The van der Waals surface area contributed by atoms with Crippen molar-refractivity contribution in [2.45, 2.75) is 19.2 Å². The quantitative estimate of drug-likeness (QED) is 0.561. The molecule has 1 amide bonds. The van der Waals surface area contributed by atoms with Gasteiger partial charge in [-0.1, -0.05) is 6.07 Å². The summed E-state index contributed by atoms with van der Waals surface area (Å²) in [5, 5.41) is 23.5. The summed E-state index contributed by atoms with van der Waals surface area (Å²) in [6.45, 7) is 1.34. The first-order chi connectivity index (χ1) is 8.20. The predicted octanol–water partition coefficient (Wildman–Crippen LogP) is -0.627. The van der Waals surface area contributed by atoms with Gasteiger partial charge < -0.3 is 20.8 Å². The average Bonchev–Trinajstić information content (AvgIpc) is 2.82. The van der Waals surface area contributed by atoms with Gasteiger partial charge in [-0.3, -0.25) is 4.79 Å². The Labute approximate surface area is 99.5 Å². The van der Waals surface area contributed by atoms with E-state index in [0.717, 1.165) is 18.7 Å². The maximum Gasteiger partial charge on any atom is 0.251 e. The fourth-order valence-electron chi connectivity index (χ4n) is 1.81. The Morgan fingerprint density at radius 1 is 1.41 bits per heavy atom. The van der Waals surface area contributed by atoms with E-state index in [4.69, 9.17) is 10.2 Å². The van der Waals surface area contributed by atoms with Crippen LogP contribution in [0.4, 0.5) is 0 Å². The maximum absolute atomic E-state index is 11.7. The lowest BCUT2D eigenvalue weighted by molar-refractivity contribution is 0.0802. The van der Waals surface area contributed by atoms with Crippen molar-refractivity contribution in [3.8, 4) is 0 Å². The van der Waals surface area contributed by atoms with E-state index in [1.54, 1.807) is 6.07 Å². The summed E-state index contributed by atoms with van der Waals surface area (Å²) in [5.74, 6) is -0.229. The van der Waals surface area contributed by atoms with Gasteiger partial charge in [0.15, 0.2) is 0 Å². The van der Waals surface area contributed by atoms with Crippen LogP contribution < -0.4 is 10.6 Å². The molecule has 0 radical (unpaired) electrons. The number of aliphatic hydroxyl groups excluding tert-OH is 2. The first-order valence-corrected chi connectivity index (χ1v) is 5.60. The number of aliphatic hydroxyl groups is 2. The molecule has 0 aromatic heterocycles. The van der Waals surface area contributed by atoms with Crippen molar-refractivity contribution in [2.75, 3.05) is 13.2 Å². The minimum absolute atomic E-state index is 0.0602. The number of hydrogen-bond donors (Lipinski definition) is 4. The Bertz CT molecular complexity index is 420. The molecule has 0 fully saturated rings.